The standard InChI is InChI=1S/C12H13F6N2O2.CHF3O3S/c1-20(2,3)8-5-4-7(6-19-8)9(21)22-10(11(13,14)15)12(16,17)18;2-1(3,4)8(5,6)7/h4-6,10H,1-3H3;(H,5,6,7)/q+1;/p-1. The summed E-state index contributed by atoms with van der Waals surface area (Å²) in [5.41, 5.74) is -6.15. The number of hydrogen-bond donors (Lipinski definition) is 0. The first-order valence-electron chi connectivity index (χ1n) is 7.12. The van der Waals surface area contributed by atoms with Gasteiger partial charge in [-0.2, -0.15) is 39.5 Å². The van der Waals surface area contributed by atoms with Gasteiger partial charge in [-0.1, -0.05) is 0 Å². The molecule has 30 heavy (non-hydrogen) atoms. The summed E-state index contributed by atoms with van der Waals surface area (Å²) in [6.07, 6.45) is -14.8. The highest BCUT2D eigenvalue weighted by Crippen LogP contribution is 2.36. The molecule has 0 aliphatic carbocycles. The first kappa shape index (κ1) is 27.9. The number of pyridine rings is 1. The average Bonchev–Trinajstić information content (AvgIpc) is 2.48. The molecule has 0 saturated heterocycles. The molecule has 174 valence electrons. The van der Waals surface area contributed by atoms with E-state index in [0.717, 1.165) is 12.3 Å². The molecule has 0 fully saturated rings. The Morgan fingerprint density at radius 3 is 1.63 bits per heavy atom. The van der Waals surface area contributed by atoms with Crippen LogP contribution in [0, 0.1) is 0 Å². The third-order valence-corrected chi connectivity index (χ3v) is 3.34. The molecule has 1 aromatic heterocycles. The number of ether oxygens (including phenoxy) is 1. The lowest BCUT2D eigenvalue weighted by molar-refractivity contribution is -0.307. The van der Waals surface area contributed by atoms with Gasteiger partial charge in [0.05, 0.1) is 26.7 Å². The van der Waals surface area contributed by atoms with Crippen molar-refractivity contribution < 1.29 is 62.0 Å². The molecule has 0 aromatic carbocycles. The van der Waals surface area contributed by atoms with Crippen molar-refractivity contribution in [3.05, 3.63) is 23.9 Å². The number of hydrogen-bond acceptors (Lipinski definition) is 6. The van der Waals surface area contributed by atoms with E-state index in [-0.39, 0.29) is 4.48 Å². The number of carbonyl (C=O) groups is 1. The number of aromatic nitrogens is 1. The second-order valence-electron chi connectivity index (χ2n) is 6.19. The van der Waals surface area contributed by atoms with E-state index < -0.39 is 45.6 Å². The summed E-state index contributed by atoms with van der Waals surface area (Å²) in [6, 6.07) is 2.37. The highest BCUT2D eigenvalue weighted by atomic mass is 32.2. The van der Waals surface area contributed by atoms with Crippen LogP contribution in [-0.4, -0.2) is 69.0 Å². The largest absolute Gasteiger partial charge is 0.741 e. The van der Waals surface area contributed by atoms with Crippen molar-refractivity contribution in [1.82, 2.24) is 9.47 Å². The molecule has 1 rings (SSSR count). The fourth-order valence-corrected chi connectivity index (χ4v) is 1.40. The maximum absolute atomic E-state index is 12.3. The van der Waals surface area contributed by atoms with E-state index in [9.17, 15) is 44.3 Å². The quantitative estimate of drug-likeness (QED) is 0.217. The fraction of sp³-hybridized carbons (Fsp3) is 0.538. The van der Waals surface area contributed by atoms with Gasteiger partial charge in [-0.25, -0.2) is 18.2 Å². The van der Waals surface area contributed by atoms with Crippen LogP contribution in [0.15, 0.2) is 18.3 Å². The second kappa shape index (κ2) is 8.93. The molecule has 17 heteroatoms. The van der Waals surface area contributed by atoms with Gasteiger partial charge in [0.15, 0.2) is 10.1 Å². The van der Waals surface area contributed by atoms with Crippen LogP contribution in [0.1, 0.15) is 10.4 Å². The van der Waals surface area contributed by atoms with Crippen LogP contribution in [0.25, 0.3) is 0 Å². The minimum Gasteiger partial charge on any atom is -0.741 e. The predicted molar refractivity (Wildman–Crippen MR) is 80.9 cm³/mol. The molecule has 0 aliphatic heterocycles. The van der Waals surface area contributed by atoms with E-state index in [4.69, 9.17) is 13.0 Å². The first-order chi connectivity index (χ1) is 13.0. The van der Waals surface area contributed by atoms with Gasteiger partial charge in [0, 0.05) is 12.3 Å². The minimum atomic E-state index is -6.09. The van der Waals surface area contributed by atoms with Crippen LogP contribution in [0.3, 0.4) is 0 Å². The van der Waals surface area contributed by atoms with Gasteiger partial charge in [-0.15, -0.1) is 0 Å². The molecule has 1 aromatic rings. The van der Waals surface area contributed by atoms with E-state index in [1.807, 2.05) is 0 Å². The van der Waals surface area contributed by atoms with E-state index in [1.165, 1.54) is 6.07 Å². The molecular weight excluding hydrogens is 467 g/mol. The number of rotatable bonds is 3. The predicted octanol–water partition coefficient (Wildman–Crippen LogP) is 2.98. The van der Waals surface area contributed by atoms with Crippen molar-refractivity contribution in [3.8, 4) is 0 Å². The molecule has 1 heterocycles. The molecule has 0 saturated carbocycles. The average molecular weight is 480 g/mol. The zero-order chi connectivity index (χ0) is 24.3. The number of halogens is 9. The molecule has 0 spiro atoms. The van der Waals surface area contributed by atoms with E-state index in [1.54, 1.807) is 21.1 Å². The van der Waals surface area contributed by atoms with Crippen molar-refractivity contribution in [2.24, 2.45) is 0 Å². The zero-order valence-electron chi connectivity index (χ0n) is 15.1. The first-order valence-corrected chi connectivity index (χ1v) is 8.53. The number of nitrogens with zero attached hydrogens (tertiary/aromatic N) is 2. The molecular formula is C13H13F9N2O5S. The highest BCUT2D eigenvalue weighted by Gasteiger charge is 2.60. The summed E-state index contributed by atoms with van der Waals surface area (Å²) in [6.45, 7) is 0. The maximum Gasteiger partial charge on any atom is 0.485 e. The van der Waals surface area contributed by atoms with Crippen LogP contribution in [0.5, 0.6) is 0 Å². The highest BCUT2D eigenvalue weighted by molar-refractivity contribution is 7.86. The topological polar surface area (TPSA) is 96.4 Å². The lowest BCUT2D eigenvalue weighted by Crippen LogP contribution is -2.45. The Labute approximate surface area is 163 Å². The van der Waals surface area contributed by atoms with Crippen LogP contribution in [0.2, 0.25) is 0 Å². The molecule has 7 nitrogen and oxygen atoms in total. The molecule has 0 N–H and O–H groups in total. The van der Waals surface area contributed by atoms with Gasteiger partial charge >= 0.3 is 23.8 Å². The third kappa shape index (κ3) is 8.70. The summed E-state index contributed by atoms with van der Waals surface area (Å²) in [5.74, 6) is -1.29. The summed E-state index contributed by atoms with van der Waals surface area (Å²) in [5, 5.41) is 0. The number of carbonyl (C=O) groups excluding carboxylic acids is 1. The van der Waals surface area contributed by atoms with Crippen molar-refractivity contribution in [2.45, 2.75) is 24.0 Å². The Morgan fingerprint density at radius 1 is 1.00 bits per heavy atom. The lowest BCUT2D eigenvalue weighted by Gasteiger charge is -2.23. The van der Waals surface area contributed by atoms with Crippen LogP contribution in [0.4, 0.5) is 45.3 Å². The van der Waals surface area contributed by atoms with Crippen molar-refractivity contribution in [2.75, 3.05) is 21.1 Å². The Balaban J connectivity index is 0.000000890. The maximum atomic E-state index is 12.3. The van der Waals surface area contributed by atoms with Crippen molar-refractivity contribution in [1.29, 1.82) is 0 Å². The monoisotopic (exact) mass is 480 g/mol. The van der Waals surface area contributed by atoms with E-state index in [2.05, 4.69) is 9.72 Å². The van der Waals surface area contributed by atoms with Gasteiger partial charge in [-0.05, 0) is 6.07 Å². The third-order valence-electron chi connectivity index (χ3n) is 2.77. The summed E-state index contributed by atoms with van der Waals surface area (Å²) in [7, 11) is -0.871. The zero-order valence-corrected chi connectivity index (χ0v) is 15.9. The normalized spacial score (nSPS) is 13.5. The van der Waals surface area contributed by atoms with Gasteiger partial charge in [-0.3, -0.25) is 4.48 Å². The molecule has 0 amide bonds. The van der Waals surface area contributed by atoms with Gasteiger partial charge in [0.25, 0.3) is 6.10 Å². The Hall–Kier alpha value is -2.14. The SMILES string of the molecule is C[N+](C)(C)c1ccc(C(=O)OC(C(F)(F)F)C(F)(F)F)cn1.O=S(=O)([O-])C(F)(F)F. The van der Waals surface area contributed by atoms with Gasteiger partial charge in [0.2, 0.25) is 5.82 Å². The van der Waals surface area contributed by atoms with Crippen molar-refractivity contribution in [3.63, 3.8) is 0 Å². The molecule has 0 radical (unpaired) electrons. The molecule has 0 bridgehead atoms. The van der Waals surface area contributed by atoms with Crippen molar-refractivity contribution >= 4 is 21.9 Å². The molecule has 0 aliphatic rings. The number of esters is 1. The summed E-state index contributed by atoms with van der Waals surface area (Å²) >= 11 is 0. The number of quaternary nitrogens is 1. The molecule has 0 unspecified atom stereocenters. The lowest BCUT2D eigenvalue weighted by atomic mass is 10.2. The minimum absolute atomic E-state index is 0.253. The number of alkyl halides is 9. The second-order valence-corrected chi connectivity index (χ2v) is 7.56. The summed E-state index contributed by atoms with van der Waals surface area (Å²) in [4.78, 5) is 15.3. The smallest absolute Gasteiger partial charge is 0.485 e. The Morgan fingerprint density at radius 2 is 1.40 bits per heavy atom. The van der Waals surface area contributed by atoms with Crippen LogP contribution in [-0.2, 0) is 14.9 Å². The fourth-order valence-electron chi connectivity index (χ4n) is 1.40. The Kier molecular flexibility index (Phi) is 8.29. The molecule has 0 atom stereocenters. The Bertz CT molecular complexity index is 811. The van der Waals surface area contributed by atoms with Crippen LogP contribution < -0.4 is 4.48 Å². The van der Waals surface area contributed by atoms with Crippen LogP contribution >= 0.6 is 0 Å². The van der Waals surface area contributed by atoms with E-state index in [0.29, 0.717) is 5.82 Å². The van der Waals surface area contributed by atoms with Gasteiger partial charge < -0.3 is 9.29 Å². The summed E-state index contributed by atoms with van der Waals surface area (Å²) < 4.78 is 136. The van der Waals surface area contributed by atoms with Gasteiger partial charge in [0.1, 0.15) is 0 Å². The van der Waals surface area contributed by atoms with E-state index >= 15 is 0 Å².